The molecule has 0 bridgehead atoms. The van der Waals surface area contributed by atoms with Crippen molar-refractivity contribution in [2.45, 2.75) is 12.0 Å². The van der Waals surface area contributed by atoms with Gasteiger partial charge < -0.3 is 14.5 Å². The van der Waals surface area contributed by atoms with E-state index in [2.05, 4.69) is 14.8 Å². The first-order valence-corrected chi connectivity index (χ1v) is 9.51. The zero-order valence-corrected chi connectivity index (χ0v) is 15.5. The van der Waals surface area contributed by atoms with Gasteiger partial charge in [0.1, 0.15) is 0 Å². The predicted molar refractivity (Wildman–Crippen MR) is 102 cm³/mol. The number of rotatable bonds is 6. The maximum Gasteiger partial charge on any atom is 0.374 e. The second kappa shape index (κ2) is 7.55. The van der Waals surface area contributed by atoms with Crippen LogP contribution in [-0.4, -0.2) is 21.5 Å². The first-order chi connectivity index (χ1) is 12.9. The van der Waals surface area contributed by atoms with Gasteiger partial charge >= 0.3 is 5.97 Å². The number of benzene rings is 2. The summed E-state index contributed by atoms with van der Waals surface area (Å²) in [4.78, 5) is 11.5. The van der Waals surface area contributed by atoms with Gasteiger partial charge in [0.2, 0.25) is 10.9 Å². The molecule has 3 aromatic rings. The zero-order chi connectivity index (χ0) is 19.4. The first-order valence-electron chi connectivity index (χ1n) is 8.03. The highest BCUT2D eigenvalue weighted by Crippen LogP contribution is 2.28. The van der Waals surface area contributed by atoms with Crippen LogP contribution in [0.25, 0.3) is 0 Å². The average molecular weight is 386 g/mol. The van der Waals surface area contributed by atoms with E-state index in [-0.39, 0.29) is 10.9 Å². The molecule has 1 heterocycles. The topological polar surface area (TPSA) is 97.6 Å². The highest BCUT2D eigenvalue weighted by molar-refractivity contribution is 7.92. The summed E-state index contributed by atoms with van der Waals surface area (Å²) in [5.41, 5.74) is 2.85. The van der Waals surface area contributed by atoms with Gasteiger partial charge in [-0.2, -0.15) is 8.42 Å². The fourth-order valence-electron chi connectivity index (χ4n) is 2.34. The summed E-state index contributed by atoms with van der Waals surface area (Å²) in [5.74, 6) is -0.943. The second-order valence-electron chi connectivity index (χ2n) is 5.75. The Morgan fingerprint density at radius 2 is 1.63 bits per heavy atom. The van der Waals surface area contributed by atoms with E-state index in [1.54, 1.807) is 24.3 Å². The molecular formula is C19H18N2O5S. The van der Waals surface area contributed by atoms with Crippen LogP contribution in [0.5, 0.6) is 0 Å². The molecule has 0 aliphatic rings. The van der Waals surface area contributed by atoms with Gasteiger partial charge in [0, 0.05) is 5.69 Å². The summed E-state index contributed by atoms with van der Waals surface area (Å²) < 4.78 is 37.3. The van der Waals surface area contributed by atoms with Crippen LogP contribution in [-0.2, 0) is 14.8 Å². The molecule has 0 atom stereocenters. The van der Waals surface area contributed by atoms with E-state index in [4.69, 9.17) is 4.42 Å². The largest absolute Gasteiger partial charge is 0.463 e. The summed E-state index contributed by atoms with van der Waals surface area (Å²) in [7, 11) is -2.84. The van der Waals surface area contributed by atoms with Crippen molar-refractivity contribution in [3.63, 3.8) is 0 Å². The SMILES string of the molecule is COC(=O)c1ccc(S(=O)(=O)Nc2ccccc2Nc2ccc(C)cc2)o1. The van der Waals surface area contributed by atoms with Crippen LogP contribution in [0.3, 0.4) is 0 Å². The second-order valence-corrected chi connectivity index (χ2v) is 7.37. The number of sulfonamides is 1. The van der Waals surface area contributed by atoms with E-state index < -0.39 is 16.0 Å². The fourth-order valence-corrected chi connectivity index (χ4v) is 3.36. The molecule has 0 spiro atoms. The highest BCUT2D eigenvalue weighted by atomic mass is 32.2. The Hall–Kier alpha value is -3.26. The molecular weight excluding hydrogens is 368 g/mol. The van der Waals surface area contributed by atoms with Crippen molar-refractivity contribution < 1.29 is 22.4 Å². The minimum absolute atomic E-state index is 0.191. The number of para-hydroxylation sites is 2. The molecule has 0 unspecified atom stereocenters. The molecule has 3 rings (SSSR count). The van der Waals surface area contributed by atoms with Crippen molar-refractivity contribution in [1.82, 2.24) is 0 Å². The van der Waals surface area contributed by atoms with Gasteiger partial charge in [-0.3, -0.25) is 4.72 Å². The molecule has 0 saturated carbocycles. The maximum atomic E-state index is 12.6. The molecule has 0 aliphatic heterocycles. The standard InChI is InChI=1S/C19H18N2O5S/c1-13-7-9-14(10-8-13)20-15-5-3-4-6-16(15)21-27(23,24)18-12-11-17(26-18)19(22)25-2/h3-12,20-21H,1-2H3. The molecule has 1 aromatic heterocycles. The lowest BCUT2D eigenvalue weighted by Gasteiger charge is -2.13. The van der Waals surface area contributed by atoms with Crippen LogP contribution in [0.15, 0.2) is 70.2 Å². The summed E-state index contributed by atoms with van der Waals surface area (Å²) in [6.45, 7) is 1.98. The lowest BCUT2D eigenvalue weighted by molar-refractivity contribution is 0.0559. The van der Waals surface area contributed by atoms with Gasteiger partial charge in [-0.25, -0.2) is 4.79 Å². The van der Waals surface area contributed by atoms with Gasteiger partial charge in [-0.15, -0.1) is 0 Å². The maximum absolute atomic E-state index is 12.6. The predicted octanol–water partition coefficient (Wildman–Crippen LogP) is 3.92. The van der Waals surface area contributed by atoms with Gasteiger partial charge in [-0.05, 0) is 43.3 Å². The number of esters is 1. The Morgan fingerprint density at radius 1 is 0.963 bits per heavy atom. The van der Waals surface area contributed by atoms with E-state index >= 15 is 0 Å². The van der Waals surface area contributed by atoms with E-state index in [0.717, 1.165) is 11.3 Å². The minimum Gasteiger partial charge on any atom is -0.463 e. The summed E-state index contributed by atoms with van der Waals surface area (Å²) >= 11 is 0. The Kier molecular flexibility index (Phi) is 5.18. The molecule has 2 N–H and O–H groups in total. The summed E-state index contributed by atoms with van der Waals surface area (Å²) in [6.07, 6.45) is 0. The van der Waals surface area contributed by atoms with Crippen molar-refractivity contribution in [3.05, 3.63) is 72.0 Å². The Morgan fingerprint density at radius 3 is 2.30 bits per heavy atom. The third-order valence-electron chi connectivity index (χ3n) is 3.73. The minimum atomic E-state index is -4.02. The lowest BCUT2D eigenvalue weighted by atomic mass is 10.2. The van der Waals surface area contributed by atoms with Crippen LogP contribution in [0.4, 0.5) is 17.1 Å². The van der Waals surface area contributed by atoms with Crippen LogP contribution in [0.2, 0.25) is 0 Å². The third-order valence-corrected chi connectivity index (χ3v) is 4.97. The number of hydrogen-bond acceptors (Lipinski definition) is 6. The summed E-state index contributed by atoms with van der Waals surface area (Å²) in [6, 6.07) is 17.0. The Labute approximate surface area is 157 Å². The van der Waals surface area contributed by atoms with Crippen molar-refractivity contribution in [3.8, 4) is 0 Å². The average Bonchev–Trinajstić information content (AvgIpc) is 3.15. The number of nitrogens with one attached hydrogen (secondary N) is 2. The number of hydrogen-bond donors (Lipinski definition) is 2. The smallest absolute Gasteiger partial charge is 0.374 e. The normalized spacial score (nSPS) is 11.0. The molecule has 27 heavy (non-hydrogen) atoms. The fraction of sp³-hybridized carbons (Fsp3) is 0.105. The van der Waals surface area contributed by atoms with Gasteiger partial charge in [0.15, 0.2) is 0 Å². The summed E-state index contributed by atoms with van der Waals surface area (Å²) in [5, 5.41) is 2.79. The molecule has 2 aromatic carbocycles. The van der Waals surface area contributed by atoms with Crippen molar-refractivity contribution in [2.24, 2.45) is 0 Å². The number of methoxy groups -OCH3 is 1. The Bertz CT molecular complexity index is 1060. The van der Waals surface area contributed by atoms with E-state index in [1.165, 1.54) is 19.2 Å². The number of anilines is 3. The van der Waals surface area contributed by atoms with E-state index in [9.17, 15) is 13.2 Å². The van der Waals surface area contributed by atoms with Gasteiger partial charge in [0.05, 0.1) is 18.5 Å². The van der Waals surface area contributed by atoms with Crippen molar-refractivity contribution >= 4 is 33.1 Å². The molecule has 0 amide bonds. The number of ether oxygens (including phenoxy) is 1. The monoisotopic (exact) mass is 386 g/mol. The third kappa shape index (κ3) is 4.29. The Balaban J connectivity index is 1.85. The van der Waals surface area contributed by atoms with Gasteiger partial charge in [0.25, 0.3) is 10.0 Å². The molecule has 7 nitrogen and oxygen atoms in total. The molecule has 0 aliphatic carbocycles. The zero-order valence-electron chi connectivity index (χ0n) is 14.7. The van der Waals surface area contributed by atoms with Crippen LogP contribution in [0.1, 0.15) is 16.1 Å². The van der Waals surface area contributed by atoms with Gasteiger partial charge in [-0.1, -0.05) is 29.8 Å². The quantitative estimate of drug-likeness (QED) is 0.623. The van der Waals surface area contributed by atoms with Crippen LogP contribution < -0.4 is 10.0 Å². The lowest BCUT2D eigenvalue weighted by Crippen LogP contribution is -2.13. The van der Waals surface area contributed by atoms with E-state index in [1.807, 2.05) is 31.2 Å². The molecule has 0 fully saturated rings. The van der Waals surface area contributed by atoms with Crippen molar-refractivity contribution in [1.29, 1.82) is 0 Å². The molecule has 8 heteroatoms. The first kappa shape index (κ1) is 18.5. The van der Waals surface area contributed by atoms with Crippen LogP contribution in [0, 0.1) is 6.92 Å². The molecule has 140 valence electrons. The number of aryl methyl sites for hydroxylation is 1. The van der Waals surface area contributed by atoms with Crippen molar-refractivity contribution in [2.75, 3.05) is 17.1 Å². The number of carbonyl (C=O) groups excluding carboxylic acids is 1. The van der Waals surface area contributed by atoms with E-state index in [0.29, 0.717) is 11.4 Å². The highest BCUT2D eigenvalue weighted by Gasteiger charge is 2.22. The molecule has 0 radical (unpaired) electrons. The number of carbonyl (C=O) groups is 1. The molecule has 0 saturated heterocycles. The number of furan rings is 1. The van der Waals surface area contributed by atoms with Crippen LogP contribution >= 0.6 is 0 Å².